The van der Waals surface area contributed by atoms with Crippen molar-refractivity contribution in [2.24, 2.45) is 5.92 Å². The number of aromatic hydroxyl groups is 3. The van der Waals surface area contributed by atoms with Crippen LogP contribution in [0.3, 0.4) is 0 Å². The van der Waals surface area contributed by atoms with E-state index in [1.54, 1.807) is 24.3 Å². The van der Waals surface area contributed by atoms with Gasteiger partial charge in [0.15, 0.2) is 5.78 Å². The van der Waals surface area contributed by atoms with Crippen molar-refractivity contribution < 1.29 is 24.9 Å². The van der Waals surface area contributed by atoms with E-state index in [1.807, 2.05) is 39.8 Å². The lowest BCUT2D eigenvalue weighted by atomic mass is 9.71. The van der Waals surface area contributed by atoms with Crippen LogP contribution in [0.5, 0.6) is 23.0 Å². The highest BCUT2D eigenvalue weighted by atomic mass is 16.5. The molecule has 0 bridgehead atoms. The van der Waals surface area contributed by atoms with Crippen molar-refractivity contribution in [3.63, 3.8) is 0 Å². The Morgan fingerprint density at radius 1 is 0.967 bits per heavy atom. The highest BCUT2D eigenvalue weighted by Crippen LogP contribution is 2.50. The van der Waals surface area contributed by atoms with Gasteiger partial charge in [0.05, 0.1) is 5.92 Å². The van der Waals surface area contributed by atoms with Gasteiger partial charge in [-0.05, 0) is 51.8 Å². The molecule has 0 fully saturated rings. The minimum absolute atomic E-state index is 0.0894. The lowest BCUT2D eigenvalue weighted by Gasteiger charge is -2.44. The molecule has 0 saturated heterocycles. The zero-order valence-corrected chi connectivity index (χ0v) is 17.8. The summed E-state index contributed by atoms with van der Waals surface area (Å²) < 4.78 is 6.48. The average Bonchev–Trinajstić information content (AvgIpc) is 2.65. The molecular formula is C25H28O5. The zero-order valence-electron chi connectivity index (χ0n) is 17.8. The van der Waals surface area contributed by atoms with Crippen molar-refractivity contribution in [1.82, 2.24) is 0 Å². The molecule has 3 N–H and O–H groups in total. The maximum atomic E-state index is 13.6. The van der Waals surface area contributed by atoms with Crippen LogP contribution >= 0.6 is 0 Å². The number of hydrogen-bond acceptors (Lipinski definition) is 5. The lowest BCUT2D eigenvalue weighted by Crippen LogP contribution is -2.48. The van der Waals surface area contributed by atoms with E-state index < -0.39 is 11.5 Å². The third-order valence-corrected chi connectivity index (χ3v) is 5.42. The molecule has 0 radical (unpaired) electrons. The van der Waals surface area contributed by atoms with E-state index in [-0.39, 0.29) is 34.3 Å². The number of ketones is 1. The smallest absolute Gasteiger partial charge is 0.178 e. The van der Waals surface area contributed by atoms with E-state index in [1.165, 1.54) is 6.07 Å². The number of hydrogen-bond donors (Lipinski definition) is 3. The van der Waals surface area contributed by atoms with E-state index in [4.69, 9.17) is 4.74 Å². The number of Topliss-reactive ketones (excluding diaryl/α,β-unsaturated/α-hetero) is 1. The summed E-state index contributed by atoms with van der Waals surface area (Å²) >= 11 is 0. The van der Waals surface area contributed by atoms with Crippen LogP contribution in [0.4, 0.5) is 0 Å². The summed E-state index contributed by atoms with van der Waals surface area (Å²) in [5.74, 6) is -1.03. The molecule has 5 nitrogen and oxygen atoms in total. The maximum Gasteiger partial charge on any atom is 0.178 e. The molecule has 30 heavy (non-hydrogen) atoms. The van der Waals surface area contributed by atoms with Crippen LogP contribution in [0.1, 0.15) is 56.5 Å². The van der Waals surface area contributed by atoms with Gasteiger partial charge in [-0.25, -0.2) is 0 Å². The Morgan fingerprint density at radius 3 is 2.20 bits per heavy atom. The molecule has 0 amide bonds. The van der Waals surface area contributed by atoms with Gasteiger partial charge in [-0.1, -0.05) is 35.4 Å². The molecule has 0 saturated carbocycles. The quantitative estimate of drug-likeness (QED) is 0.560. The molecule has 0 aromatic heterocycles. The van der Waals surface area contributed by atoms with Crippen molar-refractivity contribution in [2.75, 3.05) is 0 Å². The number of fused-ring (bicyclic) bond motifs is 1. The number of phenolic OH excluding ortho intramolecular Hbond substituents is 3. The van der Waals surface area contributed by atoms with Crippen molar-refractivity contribution in [2.45, 2.75) is 46.1 Å². The van der Waals surface area contributed by atoms with Gasteiger partial charge in [-0.2, -0.15) is 0 Å². The van der Waals surface area contributed by atoms with Gasteiger partial charge < -0.3 is 20.1 Å². The summed E-state index contributed by atoms with van der Waals surface area (Å²) in [6.07, 6.45) is 4.86. The second kappa shape index (κ2) is 8.27. The fourth-order valence-electron chi connectivity index (χ4n) is 3.88. The molecule has 158 valence electrons. The Hall–Kier alpha value is -3.21. The molecule has 2 aromatic rings. The van der Waals surface area contributed by atoms with Gasteiger partial charge in [0.1, 0.15) is 34.2 Å². The van der Waals surface area contributed by atoms with Gasteiger partial charge >= 0.3 is 0 Å². The van der Waals surface area contributed by atoms with E-state index in [2.05, 4.69) is 0 Å². The molecule has 2 aromatic carbocycles. The second-order valence-electron chi connectivity index (χ2n) is 8.30. The van der Waals surface area contributed by atoms with Crippen LogP contribution in [-0.4, -0.2) is 21.1 Å². The molecule has 2 unspecified atom stereocenters. The highest BCUT2D eigenvalue weighted by molar-refractivity contribution is 6.05. The number of ether oxygens (including phenoxy) is 1. The Labute approximate surface area is 177 Å². The topological polar surface area (TPSA) is 87.0 Å². The zero-order chi connectivity index (χ0) is 22.1. The summed E-state index contributed by atoms with van der Waals surface area (Å²) in [7, 11) is 0. The van der Waals surface area contributed by atoms with E-state index >= 15 is 0 Å². The summed E-state index contributed by atoms with van der Waals surface area (Å²) in [5.41, 5.74) is 1.93. The Bertz CT molecular complexity index is 1010. The molecule has 0 spiro atoms. The first-order valence-corrected chi connectivity index (χ1v) is 9.99. The second-order valence-corrected chi connectivity index (χ2v) is 8.30. The summed E-state index contributed by atoms with van der Waals surface area (Å²) in [6, 6.07) is 9.17. The lowest BCUT2D eigenvalue weighted by molar-refractivity contribution is -0.00135. The summed E-state index contributed by atoms with van der Waals surface area (Å²) in [6.45, 7) is 7.89. The normalized spacial score (nSPS) is 20.1. The monoisotopic (exact) mass is 408 g/mol. The summed E-state index contributed by atoms with van der Waals surface area (Å²) in [4.78, 5) is 13.6. The third-order valence-electron chi connectivity index (χ3n) is 5.42. The van der Waals surface area contributed by atoms with Crippen LogP contribution in [0.2, 0.25) is 0 Å². The SMILES string of the molecule is CC(C)=CCC1C(=O)c2c(O)cc(O)cc2OC1(CC=C(C)C)c1ccc(O)cc1. The maximum absolute atomic E-state index is 13.6. The van der Waals surface area contributed by atoms with Crippen LogP contribution in [-0.2, 0) is 5.60 Å². The first kappa shape index (κ1) is 21.5. The number of allylic oxidation sites excluding steroid dienone is 3. The van der Waals surface area contributed by atoms with Crippen LogP contribution < -0.4 is 4.74 Å². The Morgan fingerprint density at radius 2 is 1.60 bits per heavy atom. The predicted molar refractivity (Wildman–Crippen MR) is 116 cm³/mol. The van der Waals surface area contributed by atoms with Gasteiger partial charge in [0, 0.05) is 18.6 Å². The Kier molecular flexibility index (Phi) is 5.92. The van der Waals surface area contributed by atoms with Crippen molar-refractivity contribution in [3.05, 3.63) is 70.8 Å². The van der Waals surface area contributed by atoms with Gasteiger partial charge in [-0.15, -0.1) is 0 Å². The van der Waals surface area contributed by atoms with Crippen LogP contribution in [0, 0.1) is 5.92 Å². The number of benzene rings is 2. The third kappa shape index (κ3) is 4.06. The molecule has 1 heterocycles. The number of carbonyl (C=O) groups excluding carboxylic acids is 1. The minimum Gasteiger partial charge on any atom is -0.508 e. The van der Waals surface area contributed by atoms with Gasteiger partial charge in [0.25, 0.3) is 0 Å². The summed E-state index contributed by atoms with van der Waals surface area (Å²) in [5, 5.41) is 30.2. The van der Waals surface area contributed by atoms with E-state index in [0.717, 1.165) is 22.8 Å². The van der Waals surface area contributed by atoms with Gasteiger partial charge in [-0.3, -0.25) is 4.79 Å². The predicted octanol–water partition coefficient (Wildman–Crippen LogP) is 5.60. The molecule has 1 aliphatic rings. The molecule has 0 aliphatic carbocycles. The van der Waals surface area contributed by atoms with E-state index in [9.17, 15) is 20.1 Å². The molecule has 1 aliphatic heterocycles. The van der Waals surface area contributed by atoms with Gasteiger partial charge in [0.2, 0.25) is 0 Å². The van der Waals surface area contributed by atoms with E-state index in [0.29, 0.717) is 12.8 Å². The minimum atomic E-state index is -1.05. The Balaban J connectivity index is 2.28. The molecular weight excluding hydrogens is 380 g/mol. The van der Waals surface area contributed by atoms with Crippen molar-refractivity contribution in [3.8, 4) is 23.0 Å². The first-order chi connectivity index (χ1) is 14.1. The molecule has 3 rings (SSSR count). The molecule has 5 heteroatoms. The first-order valence-electron chi connectivity index (χ1n) is 9.99. The van der Waals surface area contributed by atoms with Crippen molar-refractivity contribution in [1.29, 1.82) is 0 Å². The number of rotatable bonds is 5. The highest BCUT2D eigenvalue weighted by Gasteiger charge is 2.50. The fraction of sp³-hybridized carbons (Fsp3) is 0.320. The fourth-order valence-corrected chi connectivity index (χ4v) is 3.88. The van der Waals surface area contributed by atoms with Crippen LogP contribution in [0.25, 0.3) is 0 Å². The average molecular weight is 408 g/mol. The number of phenols is 3. The van der Waals surface area contributed by atoms with Crippen molar-refractivity contribution >= 4 is 5.78 Å². The van der Waals surface area contributed by atoms with Crippen LogP contribution in [0.15, 0.2) is 59.7 Å². The molecule has 2 atom stereocenters. The number of carbonyl (C=O) groups is 1. The standard InChI is InChI=1S/C25H28O5/c1-15(2)5-10-20-24(29)23-21(28)13-19(27)14-22(23)30-25(20,12-11-16(3)4)17-6-8-18(26)9-7-17/h5-9,11,13-14,20,26-28H,10,12H2,1-4H3. The largest absolute Gasteiger partial charge is 0.508 e.